The van der Waals surface area contributed by atoms with Crippen LogP contribution in [0.1, 0.15) is 0 Å². The second kappa shape index (κ2) is 3.00. The van der Waals surface area contributed by atoms with Crippen molar-refractivity contribution in [2.24, 2.45) is 5.92 Å². The van der Waals surface area contributed by atoms with Gasteiger partial charge in [-0.15, -0.1) is 0 Å². The average molecular weight is 306 g/mol. The van der Waals surface area contributed by atoms with Crippen molar-refractivity contribution < 1.29 is 48.3 Å². The lowest BCUT2D eigenvalue weighted by molar-refractivity contribution is -0.435. The summed E-state index contributed by atoms with van der Waals surface area (Å²) in [5.41, 5.74) is -6.45. The van der Waals surface area contributed by atoms with Crippen molar-refractivity contribution in [3.8, 4) is 0 Å². The molecule has 1 saturated carbocycles. The molecule has 0 aromatic rings. The standard InChI is InChI=1S/C8HF11/c9-1-2-5(12,13)7(16,17)4(11,3(1)10)8(18,19)6(2,14)15/h2H. The predicted molar refractivity (Wildman–Crippen MR) is 36.4 cm³/mol. The van der Waals surface area contributed by atoms with Crippen molar-refractivity contribution in [3.63, 3.8) is 0 Å². The molecule has 0 aliphatic heterocycles. The Morgan fingerprint density at radius 1 is 0.632 bits per heavy atom. The summed E-state index contributed by atoms with van der Waals surface area (Å²) in [4.78, 5) is 0. The maximum absolute atomic E-state index is 13.4. The number of fused-ring (bicyclic) bond motifs is 2. The van der Waals surface area contributed by atoms with Crippen LogP contribution in [0, 0.1) is 5.92 Å². The monoisotopic (exact) mass is 306 g/mol. The molecular formula is C8HF11. The molecule has 0 saturated heterocycles. The average Bonchev–Trinajstić information content (AvgIpc) is 2.22. The summed E-state index contributed by atoms with van der Waals surface area (Å²) in [6.07, 6.45) is 0. The first-order valence-electron chi connectivity index (χ1n) is 4.44. The summed E-state index contributed by atoms with van der Waals surface area (Å²) in [6, 6.07) is 0. The van der Waals surface area contributed by atoms with Crippen molar-refractivity contribution in [1.29, 1.82) is 0 Å². The second-order valence-corrected chi connectivity index (χ2v) is 4.15. The van der Waals surface area contributed by atoms with Crippen LogP contribution in [0.4, 0.5) is 48.3 Å². The molecule has 11 heteroatoms. The van der Waals surface area contributed by atoms with Gasteiger partial charge in [0.25, 0.3) is 0 Å². The van der Waals surface area contributed by atoms with Gasteiger partial charge in [0, 0.05) is 0 Å². The van der Waals surface area contributed by atoms with E-state index >= 15 is 0 Å². The Kier molecular flexibility index (Phi) is 2.27. The lowest BCUT2D eigenvalue weighted by Gasteiger charge is -2.55. The summed E-state index contributed by atoms with van der Waals surface area (Å²) in [6.45, 7) is 0. The normalized spacial score (nSPS) is 41.5. The number of rotatable bonds is 0. The Bertz CT molecular complexity index is 445. The summed E-state index contributed by atoms with van der Waals surface area (Å²) >= 11 is 0. The molecule has 110 valence electrons. The van der Waals surface area contributed by atoms with Gasteiger partial charge in [-0.25, -0.2) is 13.2 Å². The van der Waals surface area contributed by atoms with Gasteiger partial charge >= 0.3 is 29.4 Å². The number of alkyl halides is 9. The van der Waals surface area contributed by atoms with E-state index in [2.05, 4.69) is 0 Å². The minimum Gasteiger partial charge on any atom is -0.222 e. The maximum atomic E-state index is 13.4. The summed E-state index contributed by atoms with van der Waals surface area (Å²) < 4.78 is 143. The van der Waals surface area contributed by atoms with E-state index in [0.29, 0.717) is 0 Å². The third kappa shape index (κ3) is 1.02. The Balaban J connectivity index is 2.94. The molecule has 0 spiro atoms. The van der Waals surface area contributed by atoms with E-state index in [1.807, 2.05) is 0 Å². The number of hydrogen-bond donors (Lipinski definition) is 0. The van der Waals surface area contributed by atoms with Crippen LogP contribution in [0.2, 0.25) is 0 Å². The highest BCUT2D eigenvalue weighted by Gasteiger charge is 2.99. The molecule has 2 bridgehead atoms. The first-order valence-corrected chi connectivity index (χ1v) is 4.44. The van der Waals surface area contributed by atoms with Gasteiger partial charge in [0.15, 0.2) is 17.6 Å². The third-order valence-corrected chi connectivity index (χ3v) is 3.19. The first kappa shape index (κ1) is 14.4. The molecular weight excluding hydrogens is 305 g/mol. The summed E-state index contributed by atoms with van der Waals surface area (Å²) in [5.74, 6) is -37.2. The van der Waals surface area contributed by atoms with Crippen LogP contribution in [0.3, 0.4) is 0 Å². The van der Waals surface area contributed by atoms with E-state index < -0.39 is 46.9 Å². The van der Waals surface area contributed by atoms with Gasteiger partial charge in [-0.05, 0) is 0 Å². The Labute approximate surface area is 96.4 Å². The lowest BCUT2D eigenvalue weighted by Crippen LogP contribution is -2.82. The fraction of sp³-hybridized carbons (Fsp3) is 0.750. The van der Waals surface area contributed by atoms with Crippen molar-refractivity contribution in [1.82, 2.24) is 0 Å². The second-order valence-electron chi connectivity index (χ2n) is 4.15. The number of hydrogen-bond acceptors (Lipinski definition) is 0. The molecule has 19 heavy (non-hydrogen) atoms. The molecule has 3 aliphatic rings. The Hall–Kier alpha value is -1.03. The maximum Gasteiger partial charge on any atom is 0.357 e. The first-order chi connectivity index (χ1) is 8.19. The van der Waals surface area contributed by atoms with Gasteiger partial charge in [0.1, 0.15) is 0 Å². The summed E-state index contributed by atoms with van der Waals surface area (Å²) in [5, 5.41) is 0. The molecule has 0 unspecified atom stereocenters. The number of halogens is 11. The predicted octanol–water partition coefficient (Wildman–Crippen LogP) is 4.03. The van der Waals surface area contributed by atoms with E-state index in [1.165, 1.54) is 0 Å². The van der Waals surface area contributed by atoms with E-state index in [9.17, 15) is 48.3 Å². The molecule has 0 aromatic heterocycles. The smallest absolute Gasteiger partial charge is 0.222 e. The summed E-state index contributed by atoms with van der Waals surface area (Å²) in [7, 11) is 0. The number of allylic oxidation sites excluding steroid dienone is 2. The quantitative estimate of drug-likeness (QED) is 0.593. The van der Waals surface area contributed by atoms with Crippen LogP contribution in [-0.2, 0) is 0 Å². The van der Waals surface area contributed by atoms with Crippen molar-refractivity contribution in [2.75, 3.05) is 0 Å². The Morgan fingerprint density at radius 3 is 1.26 bits per heavy atom. The molecule has 0 atom stereocenters. The van der Waals surface area contributed by atoms with Crippen LogP contribution in [0.25, 0.3) is 0 Å². The molecule has 0 aromatic carbocycles. The minimum atomic E-state index is -6.53. The third-order valence-electron chi connectivity index (χ3n) is 3.19. The van der Waals surface area contributed by atoms with Crippen LogP contribution in [0.5, 0.6) is 0 Å². The largest absolute Gasteiger partial charge is 0.357 e. The highest BCUT2D eigenvalue weighted by Crippen LogP contribution is 2.73. The fourth-order valence-corrected chi connectivity index (χ4v) is 2.13. The SMILES string of the molecule is FC1=C(F)C2(F)C(F)(F)C(F)(F)C1C(F)(F)C2(F)F. The molecule has 0 N–H and O–H groups in total. The topological polar surface area (TPSA) is 0 Å². The van der Waals surface area contributed by atoms with Gasteiger partial charge < -0.3 is 0 Å². The zero-order valence-corrected chi connectivity index (χ0v) is 8.23. The minimum absolute atomic E-state index is 3.34. The van der Waals surface area contributed by atoms with E-state index in [1.54, 1.807) is 0 Å². The van der Waals surface area contributed by atoms with Crippen LogP contribution < -0.4 is 0 Å². The van der Waals surface area contributed by atoms with Crippen molar-refractivity contribution in [3.05, 3.63) is 11.7 Å². The van der Waals surface area contributed by atoms with E-state index in [4.69, 9.17) is 0 Å². The van der Waals surface area contributed by atoms with Crippen LogP contribution in [-0.4, -0.2) is 29.4 Å². The van der Waals surface area contributed by atoms with Crippen molar-refractivity contribution in [2.45, 2.75) is 29.4 Å². The zero-order chi connectivity index (χ0) is 15.2. The molecule has 3 rings (SSSR count). The van der Waals surface area contributed by atoms with Crippen LogP contribution in [0.15, 0.2) is 11.7 Å². The molecule has 0 nitrogen and oxygen atoms in total. The molecule has 3 aliphatic carbocycles. The van der Waals surface area contributed by atoms with Gasteiger partial charge in [0.2, 0.25) is 0 Å². The van der Waals surface area contributed by atoms with E-state index in [-0.39, 0.29) is 0 Å². The van der Waals surface area contributed by atoms with E-state index in [0.717, 1.165) is 0 Å². The van der Waals surface area contributed by atoms with Gasteiger partial charge in [0.05, 0.1) is 0 Å². The zero-order valence-electron chi connectivity index (χ0n) is 8.23. The molecule has 0 radical (unpaired) electrons. The fourth-order valence-electron chi connectivity index (χ4n) is 2.13. The molecule has 0 heterocycles. The van der Waals surface area contributed by atoms with Gasteiger partial charge in [-0.2, -0.15) is 35.1 Å². The van der Waals surface area contributed by atoms with Gasteiger partial charge in [-0.1, -0.05) is 0 Å². The lowest BCUT2D eigenvalue weighted by atomic mass is 9.62. The molecule has 1 fully saturated rings. The van der Waals surface area contributed by atoms with Crippen molar-refractivity contribution >= 4 is 0 Å². The van der Waals surface area contributed by atoms with Gasteiger partial charge in [-0.3, -0.25) is 0 Å². The highest BCUT2D eigenvalue weighted by atomic mass is 19.3. The highest BCUT2D eigenvalue weighted by molar-refractivity contribution is 5.42. The van der Waals surface area contributed by atoms with Crippen LogP contribution >= 0.6 is 0 Å². The Morgan fingerprint density at radius 2 is 0.947 bits per heavy atom. The molecule has 0 amide bonds.